The SMILES string of the molecule is CCC(/C=C1\Oc2ccc(-c3ccccc3)cc2N1C)=C\c1[se]c2ccccc2[n+]1CCC(C)S(=O)(=O)[O-]. The van der Waals surface area contributed by atoms with Gasteiger partial charge in [0, 0.05) is 0 Å². The van der Waals surface area contributed by atoms with E-state index in [0.717, 1.165) is 50.5 Å². The number of para-hydroxylation sites is 1. The Morgan fingerprint density at radius 3 is 2.55 bits per heavy atom. The Labute approximate surface area is 230 Å². The van der Waals surface area contributed by atoms with Gasteiger partial charge in [0.15, 0.2) is 0 Å². The number of hydrogen-bond donors (Lipinski definition) is 0. The van der Waals surface area contributed by atoms with Gasteiger partial charge in [0.25, 0.3) is 0 Å². The van der Waals surface area contributed by atoms with Crippen molar-refractivity contribution >= 4 is 46.2 Å². The van der Waals surface area contributed by atoms with Gasteiger partial charge >= 0.3 is 225 Å². The van der Waals surface area contributed by atoms with Gasteiger partial charge < -0.3 is 0 Å². The van der Waals surface area contributed by atoms with Gasteiger partial charge in [-0.15, -0.1) is 0 Å². The van der Waals surface area contributed by atoms with Crippen LogP contribution in [0.3, 0.4) is 0 Å². The van der Waals surface area contributed by atoms with E-state index in [1.807, 2.05) is 43.4 Å². The number of benzene rings is 3. The number of allylic oxidation sites excluding steroid dienone is 2. The molecule has 0 fully saturated rings. The molecule has 1 aromatic heterocycles. The van der Waals surface area contributed by atoms with E-state index < -0.39 is 15.4 Å². The number of nitrogens with zero attached hydrogens (tertiary/aromatic N) is 2. The fourth-order valence-corrected chi connectivity index (χ4v) is 7.35. The first-order valence-corrected chi connectivity index (χ1v) is 15.8. The van der Waals surface area contributed by atoms with Gasteiger partial charge in [0.2, 0.25) is 0 Å². The molecule has 196 valence electrons. The van der Waals surface area contributed by atoms with Crippen LogP contribution < -0.4 is 14.2 Å². The second kappa shape index (κ2) is 10.9. The first-order chi connectivity index (χ1) is 18.2. The second-order valence-electron chi connectivity index (χ2n) is 9.42. The molecule has 6 nitrogen and oxygen atoms in total. The van der Waals surface area contributed by atoms with E-state index >= 15 is 0 Å². The quantitative estimate of drug-likeness (QED) is 0.157. The third-order valence-corrected chi connectivity index (χ3v) is 10.4. The van der Waals surface area contributed by atoms with E-state index in [9.17, 15) is 13.0 Å². The van der Waals surface area contributed by atoms with Crippen LogP contribution in [0.25, 0.3) is 27.0 Å². The first-order valence-electron chi connectivity index (χ1n) is 12.6. The molecule has 1 aliphatic heterocycles. The van der Waals surface area contributed by atoms with Crippen molar-refractivity contribution in [1.82, 2.24) is 0 Å². The van der Waals surface area contributed by atoms with Crippen molar-refractivity contribution in [1.29, 1.82) is 0 Å². The van der Waals surface area contributed by atoms with E-state index in [1.165, 1.54) is 11.2 Å². The Morgan fingerprint density at radius 1 is 1.08 bits per heavy atom. The summed E-state index contributed by atoms with van der Waals surface area (Å²) >= 11 is 0.0745. The summed E-state index contributed by atoms with van der Waals surface area (Å²) in [6, 6.07) is 24.7. The van der Waals surface area contributed by atoms with Crippen molar-refractivity contribution in [2.75, 3.05) is 11.9 Å². The fraction of sp³-hybridized carbons (Fsp3) is 0.233. The molecule has 1 aliphatic rings. The maximum absolute atomic E-state index is 11.5. The van der Waals surface area contributed by atoms with Crippen molar-refractivity contribution in [3.8, 4) is 16.9 Å². The Kier molecular flexibility index (Phi) is 7.59. The van der Waals surface area contributed by atoms with Crippen molar-refractivity contribution in [3.63, 3.8) is 0 Å². The van der Waals surface area contributed by atoms with Gasteiger partial charge in [-0.3, -0.25) is 0 Å². The molecule has 0 amide bonds. The number of rotatable bonds is 8. The molecule has 0 spiro atoms. The third-order valence-electron chi connectivity index (χ3n) is 6.89. The van der Waals surface area contributed by atoms with Crippen LogP contribution in [0.15, 0.2) is 90.3 Å². The molecule has 1 atom stereocenters. The number of ether oxygens (including phenoxy) is 1. The minimum atomic E-state index is -4.31. The average molecular weight is 594 g/mol. The molecule has 0 radical (unpaired) electrons. The summed E-state index contributed by atoms with van der Waals surface area (Å²) in [5.74, 6) is 1.59. The van der Waals surface area contributed by atoms with Crippen LogP contribution in [0.5, 0.6) is 5.75 Å². The molecule has 0 bridgehead atoms. The predicted molar refractivity (Wildman–Crippen MR) is 152 cm³/mol. The molecule has 1 unspecified atom stereocenters. The van der Waals surface area contributed by atoms with Gasteiger partial charge in [-0.05, 0) is 0 Å². The molecule has 0 saturated heterocycles. The zero-order valence-corrected chi connectivity index (χ0v) is 24.2. The van der Waals surface area contributed by atoms with Crippen molar-refractivity contribution in [2.24, 2.45) is 0 Å². The molecular weight excluding hydrogens is 563 g/mol. The molecular formula is C30H30N2O4SSe. The van der Waals surface area contributed by atoms with Crippen molar-refractivity contribution in [3.05, 3.63) is 94.9 Å². The molecule has 0 saturated carbocycles. The Hall–Kier alpha value is -3.16. The summed E-state index contributed by atoms with van der Waals surface area (Å²) in [7, 11) is -2.30. The Morgan fingerprint density at radius 2 is 1.82 bits per heavy atom. The third kappa shape index (κ3) is 5.49. The summed E-state index contributed by atoms with van der Waals surface area (Å²) in [6.45, 7) is 4.08. The van der Waals surface area contributed by atoms with Crippen LogP contribution in [-0.2, 0) is 16.7 Å². The number of hydrogen-bond acceptors (Lipinski definition) is 5. The minimum absolute atomic E-state index is 0.0745. The monoisotopic (exact) mass is 594 g/mol. The van der Waals surface area contributed by atoms with Gasteiger partial charge in [-0.2, -0.15) is 0 Å². The first kappa shape index (κ1) is 26.4. The summed E-state index contributed by atoms with van der Waals surface area (Å²) in [4.78, 5) is 2.07. The molecule has 2 heterocycles. The van der Waals surface area contributed by atoms with Gasteiger partial charge in [-0.1, -0.05) is 6.07 Å². The van der Waals surface area contributed by atoms with Crippen molar-refractivity contribution in [2.45, 2.75) is 38.5 Å². The molecule has 0 N–H and O–H groups in total. The number of aryl methyl sites for hydroxylation is 1. The zero-order chi connectivity index (χ0) is 26.9. The molecule has 3 aromatic carbocycles. The van der Waals surface area contributed by atoms with Crippen molar-refractivity contribution < 1.29 is 22.3 Å². The summed E-state index contributed by atoms with van der Waals surface area (Å²) in [5, 5.41) is -0.930. The molecule has 8 heteroatoms. The molecule has 0 aliphatic carbocycles. The number of aromatic nitrogens is 1. The van der Waals surface area contributed by atoms with Crippen LogP contribution in [0.1, 0.15) is 31.3 Å². The normalized spacial score (nSPS) is 15.6. The second-order valence-corrected chi connectivity index (χ2v) is 13.4. The topological polar surface area (TPSA) is 73.5 Å². The van der Waals surface area contributed by atoms with Crippen LogP contribution >= 0.6 is 0 Å². The summed E-state index contributed by atoms with van der Waals surface area (Å²) in [6.07, 6.45) is 5.36. The average Bonchev–Trinajstić information content (AvgIpc) is 3.42. The number of fused-ring (bicyclic) bond motifs is 2. The fourth-order valence-electron chi connectivity index (χ4n) is 4.51. The van der Waals surface area contributed by atoms with Gasteiger partial charge in [0.1, 0.15) is 0 Å². The molecule has 4 aromatic rings. The molecule has 38 heavy (non-hydrogen) atoms. The van der Waals surface area contributed by atoms with Gasteiger partial charge in [0.05, 0.1) is 0 Å². The summed E-state index contributed by atoms with van der Waals surface area (Å²) < 4.78 is 45.3. The van der Waals surface area contributed by atoms with Crippen LogP contribution in [-0.4, -0.2) is 39.8 Å². The molecule has 5 rings (SSSR count). The van der Waals surface area contributed by atoms with E-state index in [-0.39, 0.29) is 20.9 Å². The van der Waals surface area contributed by atoms with E-state index in [0.29, 0.717) is 6.54 Å². The standard InChI is InChI=1S/C30H30N2O4SSe/c1-4-22(18-29-31(3)26-20-24(14-15-27(26)36-29)23-10-6-5-7-11-23)19-30-32(17-16-21(2)37(33,34)35)25-12-8-9-13-28(25)38-30/h5-15,18-21H,4,16-17H2,1-3H3. The number of anilines is 1. The predicted octanol–water partition coefficient (Wildman–Crippen LogP) is 5.34. The van der Waals surface area contributed by atoms with Gasteiger partial charge in [-0.25, -0.2) is 0 Å². The Balaban J connectivity index is 1.46. The van der Waals surface area contributed by atoms with E-state index in [1.54, 1.807) is 0 Å². The summed E-state index contributed by atoms with van der Waals surface area (Å²) in [5.41, 5.74) is 5.52. The van der Waals surface area contributed by atoms with Crippen LogP contribution in [0.4, 0.5) is 5.69 Å². The Bertz CT molecular complexity index is 1640. The van der Waals surface area contributed by atoms with E-state index in [4.69, 9.17) is 4.74 Å². The maximum atomic E-state index is 11.5. The van der Waals surface area contributed by atoms with E-state index in [2.05, 4.69) is 64.9 Å². The van der Waals surface area contributed by atoms with Crippen LogP contribution in [0, 0.1) is 0 Å². The van der Waals surface area contributed by atoms with Crippen LogP contribution in [0.2, 0.25) is 0 Å². The zero-order valence-electron chi connectivity index (χ0n) is 21.6.